The molecule has 0 saturated carbocycles. The lowest BCUT2D eigenvalue weighted by atomic mass is 9.97. The summed E-state index contributed by atoms with van der Waals surface area (Å²) in [5, 5.41) is 111. The highest BCUT2D eigenvalue weighted by molar-refractivity contribution is 5.78. The van der Waals surface area contributed by atoms with Gasteiger partial charge >= 0.3 is 0 Å². The van der Waals surface area contributed by atoms with Crippen LogP contribution >= 0.6 is 0 Å². The summed E-state index contributed by atoms with van der Waals surface area (Å²) in [6.07, 6.45) is -10.6. The molecular weight excluding hydrogens is 1260 g/mol. The third-order valence-electron chi connectivity index (χ3n) is 15.3. The van der Waals surface area contributed by atoms with E-state index < -0.39 is 129 Å². The van der Waals surface area contributed by atoms with Crippen molar-refractivity contribution >= 4 is 47.3 Å². The molecule has 0 radical (unpaired) electrons. The molecule has 8 amide bonds. The molecule has 550 valence electrons. The fraction of sp³-hybridized carbons (Fsp3) is 0.864. The van der Waals surface area contributed by atoms with Crippen LogP contribution in [0.15, 0.2) is 0 Å². The number of hydrogen-bond donors (Lipinski definition) is 19. The molecule has 3 aliphatic heterocycles. The van der Waals surface area contributed by atoms with Crippen molar-refractivity contribution in [3.8, 4) is 0 Å². The van der Waals surface area contributed by atoms with Crippen molar-refractivity contribution in [1.82, 2.24) is 42.5 Å². The number of hydrogen-bond acceptors (Lipinski definition) is 28. The van der Waals surface area contributed by atoms with E-state index in [0.717, 1.165) is 0 Å². The maximum absolute atomic E-state index is 12.6. The van der Waals surface area contributed by atoms with Crippen LogP contribution in [0.2, 0.25) is 0 Å². The number of aliphatic hydroxyl groups excluding tert-OH is 9. The number of carbonyl (C=O) groups excluding carboxylic acids is 8. The Morgan fingerprint density at radius 3 is 0.947 bits per heavy atom. The second-order valence-corrected chi connectivity index (χ2v) is 23.6. The first-order valence-corrected chi connectivity index (χ1v) is 32.6. The highest BCUT2D eigenvalue weighted by Gasteiger charge is 2.47. The first-order valence-electron chi connectivity index (χ1n) is 32.6. The standard InChI is InChI=1S/C59H108N10O26/c1-36(73)68-48-54(85)51(82)39(31-71)94-57(48)91-25-7-4-13-42(76)63-19-10-22-66-45(79)16-28-88-34-59(61,33-87-27-15-44(78)65-21-9-18-62-41(75)12-3-6-24-90-56-47(60)53(84)50(81)38(30-70)93-56)35-89-29-17-46(80)67-23-11-20-64-43(77)14-5-8-26-92-58-49(69-37(2)74)55(86)52(83)40(32-72)95-58/h38-40,47-58,70-72,81-86H,3-35,60-61H2,1-2H3,(H,62,75)(H,63,76)(H,64,77)(H,65,78)(H,66,79)(H,67,80)(H,68,73)(H,69,74). The molecule has 3 fully saturated rings. The molecule has 3 aliphatic rings. The van der Waals surface area contributed by atoms with Crippen LogP contribution in [0.3, 0.4) is 0 Å². The molecule has 0 aromatic rings. The third-order valence-corrected chi connectivity index (χ3v) is 15.3. The van der Waals surface area contributed by atoms with Crippen molar-refractivity contribution in [3.63, 3.8) is 0 Å². The van der Waals surface area contributed by atoms with Crippen LogP contribution in [-0.4, -0.2) is 309 Å². The molecule has 15 atom stereocenters. The van der Waals surface area contributed by atoms with Gasteiger partial charge < -0.3 is 143 Å². The minimum Gasteiger partial charge on any atom is -0.394 e. The van der Waals surface area contributed by atoms with Gasteiger partial charge in [0.2, 0.25) is 47.3 Å². The first-order chi connectivity index (χ1) is 45.4. The van der Waals surface area contributed by atoms with Crippen LogP contribution in [-0.2, 0) is 81.0 Å². The number of amides is 8. The second-order valence-electron chi connectivity index (χ2n) is 23.6. The summed E-state index contributed by atoms with van der Waals surface area (Å²) in [7, 11) is 0. The number of ether oxygens (including phenoxy) is 9. The summed E-state index contributed by atoms with van der Waals surface area (Å²) in [4.78, 5) is 98.4. The molecule has 21 N–H and O–H groups in total. The van der Waals surface area contributed by atoms with Gasteiger partial charge in [-0.25, -0.2) is 0 Å². The van der Waals surface area contributed by atoms with E-state index >= 15 is 0 Å². The lowest BCUT2D eigenvalue weighted by molar-refractivity contribution is -0.270. The zero-order chi connectivity index (χ0) is 70.1. The van der Waals surface area contributed by atoms with E-state index in [0.29, 0.717) is 64.3 Å². The normalized spacial score (nSPS) is 26.5. The fourth-order valence-corrected chi connectivity index (χ4v) is 9.85. The van der Waals surface area contributed by atoms with E-state index in [-0.39, 0.29) is 166 Å². The maximum Gasteiger partial charge on any atom is 0.222 e. The van der Waals surface area contributed by atoms with Crippen molar-refractivity contribution in [2.24, 2.45) is 11.5 Å². The Balaban J connectivity index is 1.32. The number of nitrogens with one attached hydrogen (secondary N) is 8. The van der Waals surface area contributed by atoms with E-state index in [2.05, 4.69) is 42.5 Å². The number of aliphatic hydroxyl groups is 9. The largest absolute Gasteiger partial charge is 0.394 e. The van der Waals surface area contributed by atoms with Gasteiger partial charge in [-0.05, 0) is 57.8 Å². The molecule has 0 aliphatic carbocycles. The Labute approximate surface area is 552 Å². The van der Waals surface area contributed by atoms with Gasteiger partial charge in [-0.15, -0.1) is 0 Å². The molecule has 0 spiro atoms. The van der Waals surface area contributed by atoms with Gasteiger partial charge in [0.15, 0.2) is 18.9 Å². The minimum atomic E-state index is -1.44. The van der Waals surface area contributed by atoms with Crippen molar-refractivity contribution < 1.29 is 127 Å². The van der Waals surface area contributed by atoms with Crippen molar-refractivity contribution in [2.75, 3.05) is 119 Å². The average Bonchev–Trinajstić information content (AvgIpc) is 0.833. The molecule has 95 heavy (non-hydrogen) atoms. The lowest BCUT2D eigenvalue weighted by Gasteiger charge is -2.42. The molecule has 15 unspecified atom stereocenters. The molecular formula is C59H108N10O26. The molecule has 0 bridgehead atoms. The Kier molecular flexibility index (Phi) is 42.4. The Morgan fingerprint density at radius 2 is 0.653 bits per heavy atom. The summed E-state index contributed by atoms with van der Waals surface area (Å²) in [6.45, 7) is 2.32. The molecule has 0 aromatic heterocycles. The Hall–Kier alpha value is -5.04. The van der Waals surface area contributed by atoms with Crippen LogP contribution < -0.4 is 54.0 Å². The van der Waals surface area contributed by atoms with Crippen LogP contribution in [0, 0.1) is 0 Å². The molecule has 36 nitrogen and oxygen atoms in total. The van der Waals surface area contributed by atoms with E-state index in [4.69, 9.17) is 54.1 Å². The van der Waals surface area contributed by atoms with Gasteiger partial charge in [-0.3, -0.25) is 38.4 Å². The van der Waals surface area contributed by atoms with Gasteiger partial charge in [-0.2, -0.15) is 0 Å². The lowest BCUT2D eigenvalue weighted by Crippen LogP contribution is -2.64. The van der Waals surface area contributed by atoms with Gasteiger partial charge in [0.25, 0.3) is 0 Å². The topological polar surface area (TPSA) is 550 Å². The summed E-state index contributed by atoms with van der Waals surface area (Å²) in [6, 6.07) is -3.16. The monoisotopic (exact) mass is 1370 g/mol. The fourth-order valence-electron chi connectivity index (χ4n) is 9.85. The molecule has 0 aromatic carbocycles. The average molecular weight is 1370 g/mol. The molecule has 36 heteroatoms. The molecule has 3 rings (SSSR count). The van der Waals surface area contributed by atoms with E-state index in [1.165, 1.54) is 13.8 Å². The highest BCUT2D eigenvalue weighted by Crippen LogP contribution is 2.25. The number of nitrogens with two attached hydrogens (primary N) is 2. The summed E-state index contributed by atoms with van der Waals surface area (Å²) < 4.78 is 50.8. The zero-order valence-corrected chi connectivity index (χ0v) is 54.6. The number of unbranched alkanes of at least 4 members (excludes halogenated alkanes) is 3. The summed E-state index contributed by atoms with van der Waals surface area (Å²) >= 11 is 0. The van der Waals surface area contributed by atoms with Crippen LogP contribution in [0.1, 0.15) is 110 Å². The maximum atomic E-state index is 12.6. The van der Waals surface area contributed by atoms with Crippen LogP contribution in [0.4, 0.5) is 0 Å². The zero-order valence-electron chi connectivity index (χ0n) is 54.6. The third kappa shape index (κ3) is 33.9. The number of carbonyl (C=O) groups is 8. The van der Waals surface area contributed by atoms with E-state index in [1.807, 2.05) is 0 Å². The smallest absolute Gasteiger partial charge is 0.222 e. The van der Waals surface area contributed by atoms with Crippen molar-refractivity contribution in [2.45, 2.75) is 208 Å². The number of rotatable bonds is 50. The van der Waals surface area contributed by atoms with Gasteiger partial charge in [0, 0.05) is 111 Å². The molecule has 3 saturated heterocycles. The van der Waals surface area contributed by atoms with Crippen molar-refractivity contribution in [3.05, 3.63) is 0 Å². The summed E-state index contributed by atoms with van der Waals surface area (Å²) in [5.74, 6) is -2.57. The Bertz CT molecular complexity index is 2130. The second kappa shape index (κ2) is 47.8. The van der Waals surface area contributed by atoms with Gasteiger partial charge in [-0.1, -0.05) is 0 Å². The van der Waals surface area contributed by atoms with Gasteiger partial charge in [0.05, 0.1) is 71.0 Å². The van der Waals surface area contributed by atoms with Crippen LogP contribution in [0.5, 0.6) is 0 Å². The van der Waals surface area contributed by atoms with Crippen molar-refractivity contribution in [1.29, 1.82) is 0 Å². The summed E-state index contributed by atoms with van der Waals surface area (Å²) in [5.41, 5.74) is 11.3. The first kappa shape index (κ1) is 84.2. The predicted octanol–water partition coefficient (Wildman–Crippen LogP) is -8.01. The van der Waals surface area contributed by atoms with Crippen LogP contribution in [0.25, 0.3) is 0 Å². The minimum absolute atomic E-state index is 0.0239. The molecule has 3 heterocycles. The quantitative estimate of drug-likeness (QED) is 0.0252. The van der Waals surface area contributed by atoms with E-state index in [9.17, 15) is 84.3 Å². The SMILES string of the molecule is CC(=O)NC1C(OCCCCC(=O)NCCCNC(=O)CCOCC(N)(COCCC(=O)NCCCNC(=O)CCCCOC2OC(CO)C(O)C(O)C2N)COCCC(=O)NCCCNC(=O)CCCCOC2OC(CO)C(O)C(O)C2NC(C)=O)OC(CO)C(O)C1O. The highest BCUT2D eigenvalue weighted by atomic mass is 16.7. The van der Waals surface area contributed by atoms with E-state index in [1.54, 1.807) is 0 Å². The Morgan fingerprint density at radius 1 is 0.379 bits per heavy atom. The predicted molar refractivity (Wildman–Crippen MR) is 331 cm³/mol. The van der Waals surface area contributed by atoms with Gasteiger partial charge in [0.1, 0.15) is 67.0 Å².